The maximum atomic E-state index is 11.9. The SMILES string of the molecule is CN1CCCCc2c(NCc3ccccc3)nc(-c3nsc4c(C(N)=O)cccc34)nc21. The lowest BCUT2D eigenvalue weighted by Crippen LogP contribution is -2.20. The monoisotopic (exact) mass is 444 g/mol. The molecule has 2 aromatic heterocycles. The molecular formula is C24H24N6OS. The summed E-state index contributed by atoms with van der Waals surface area (Å²) in [6, 6.07) is 15.8. The molecule has 0 unspecified atom stereocenters. The van der Waals surface area contributed by atoms with Gasteiger partial charge in [-0.3, -0.25) is 4.79 Å². The molecule has 0 radical (unpaired) electrons. The molecule has 8 heteroatoms. The van der Waals surface area contributed by atoms with Gasteiger partial charge in [0.25, 0.3) is 0 Å². The van der Waals surface area contributed by atoms with Crippen LogP contribution in [0.4, 0.5) is 11.6 Å². The van der Waals surface area contributed by atoms with E-state index in [1.807, 2.05) is 30.3 Å². The van der Waals surface area contributed by atoms with Gasteiger partial charge in [-0.05, 0) is 42.4 Å². The highest BCUT2D eigenvalue weighted by Crippen LogP contribution is 2.35. The van der Waals surface area contributed by atoms with Gasteiger partial charge in [0.05, 0.1) is 10.3 Å². The van der Waals surface area contributed by atoms with Crippen molar-refractivity contribution in [3.05, 3.63) is 65.2 Å². The third-order valence-corrected chi connectivity index (χ3v) is 6.69. The van der Waals surface area contributed by atoms with E-state index >= 15 is 0 Å². The van der Waals surface area contributed by atoms with E-state index in [1.165, 1.54) is 17.1 Å². The number of benzene rings is 2. The van der Waals surface area contributed by atoms with Gasteiger partial charge in [-0.25, -0.2) is 9.97 Å². The summed E-state index contributed by atoms with van der Waals surface area (Å²) in [7, 11) is 2.08. The number of anilines is 2. The molecule has 3 N–H and O–H groups in total. The van der Waals surface area contributed by atoms with E-state index in [0.29, 0.717) is 23.6 Å². The van der Waals surface area contributed by atoms with Gasteiger partial charge in [0.2, 0.25) is 5.91 Å². The number of nitrogens with zero attached hydrogens (tertiary/aromatic N) is 4. The van der Waals surface area contributed by atoms with Crippen molar-refractivity contribution < 1.29 is 4.79 Å². The van der Waals surface area contributed by atoms with Crippen LogP contribution in [0.25, 0.3) is 21.6 Å². The predicted octanol–water partition coefficient (Wildman–Crippen LogP) is 4.24. The second-order valence-electron chi connectivity index (χ2n) is 7.99. The number of hydrogen-bond acceptors (Lipinski definition) is 7. The summed E-state index contributed by atoms with van der Waals surface area (Å²) in [5.41, 5.74) is 9.04. The summed E-state index contributed by atoms with van der Waals surface area (Å²) in [5, 5.41) is 4.39. The van der Waals surface area contributed by atoms with Crippen molar-refractivity contribution in [2.75, 3.05) is 23.8 Å². The van der Waals surface area contributed by atoms with Gasteiger partial charge in [-0.1, -0.05) is 42.5 Å². The highest BCUT2D eigenvalue weighted by atomic mass is 32.1. The smallest absolute Gasteiger partial charge is 0.250 e. The largest absolute Gasteiger partial charge is 0.366 e. The van der Waals surface area contributed by atoms with Crippen molar-refractivity contribution in [2.45, 2.75) is 25.8 Å². The van der Waals surface area contributed by atoms with Crippen LogP contribution in [-0.4, -0.2) is 33.8 Å². The zero-order chi connectivity index (χ0) is 22.1. The maximum absolute atomic E-state index is 11.9. The summed E-state index contributed by atoms with van der Waals surface area (Å²) in [6.45, 7) is 1.63. The van der Waals surface area contributed by atoms with Crippen molar-refractivity contribution in [2.24, 2.45) is 5.73 Å². The number of aromatic nitrogens is 3. The van der Waals surface area contributed by atoms with E-state index in [9.17, 15) is 4.79 Å². The number of nitrogens with two attached hydrogens (primary N) is 1. The third-order valence-electron chi connectivity index (χ3n) is 5.80. The zero-order valence-electron chi connectivity index (χ0n) is 17.8. The molecule has 7 nitrogen and oxygen atoms in total. The van der Waals surface area contributed by atoms with Crippen LogP contribution in [-0.2, 0) is 13.0 Å². The number of amides is 1. The van der Waals surface area contributed by atoms with Crippen molar-refractivity contribution in [1.82, 2.24) is 14.3 Å². The number of carbonyl (C=O) groups excluding carboxylic acids is 1. The van der Waals surface area contributed by atoms with Crippen molar-refractivity contribution in [1.29, 1.82) is 0 Å². The fourth-order valence-corrected chi connectivity index (χ4v) is 5.02. The molecule has 1 aliphatic rings. The Kier molecular flexibility index (Phi) is 5.45. The number of carbonyl (C=O) groups is 1. The fourth-order valence-electron chi connectivity index (χ4n) is 4.13. The van der Waals surface area contributed by atoms with Gasteiger partial charge >= 0.3 is 0 Å². The number of fused-ring (bicyclic) bond motifs is 2. The molecule has 0 aliphatic carbocycles. The number of nitrogens with one attached hydrogen (secondary N) is 1. The first-order valence-electron chi connectivity index (χ1n) is 10.7. The summed E-state index contributed by atoms with van der Waals surface area (Å²) in [5.74, 6) is 1.88. The highest BCUT2D eigenvalue weighted by molar-refractivity contribution is 7.14. The molecule has 0 saturated heterocycles. The fraction of sp³-hybridized carbons (Fsp3) is 0.250. The average molecular weight is 445 g/mol. The molecule has 0 fully saturated rings. The Morgan fingerprint density at radius 2 is 1.97 bits per heavy atom. The van der Waals surface area contributed by atoms with E-state index in [2.05, 4.69) is 33.8 Å². The summed E-state index contributed by atoms with van der Waals surface area (Å²) < 4.78 is 5.39. The van der Waals surface area contributed by atoms with E-state index in [0.717, 1.165) is 53.1 Å². The van der Waals surface area contributed by atoms with Gasteiger partial charge in [-0.2, -0.15) is 4.37 Å². The first-order chi connectivity index (χ1) is 15.6. The molecule has 0 bridgehead atoms. The molecule has 1 aliphatic heterocycles. The quantitative estimate of drug-likeness (QED) is 0.478. The molecule has 1 amide bonds. The second kappa shape index (κ2) is 8.55. The van der Waals surface area contributed by atoms with Gasteiger partial charge in [0.15, 0.2) is 5.82 Å². The summed E-state index contributed by atoms with van der Waals surface area (Å²) in [4.78, 5) is 23.9. The standard InChI is InChI=1S/C24H24N6OS/c1-30-13-6-5-10-18-22(26-14-15-8-3-2-4-9-15)27-23(28-24(18)30)19-16-11-7-12-17(21(25)31)20(16)32-29-19/h2-4,7-9,11-12H,5-6,10,13-14H2,1H3,(H2,25,31)(H,26,27,28). The molecule has 0 saturated carbocycles. The average Bonchev–Trinajstić information content (AvgIpc) is 3.16. The molecule has 0 spiro atoms. The van der Waals surface area contributed by atoms with Gasteiger partial charge in [0.1, 0.15) is 17.3 Å². The first kappa shape index (κ1) is 20.4. The minimum absolute atomic E-state index is 0.460. The van der Waals surface area contributed by atoms with Gasteiger partial charge in [-0.15, -0.1) is 0 Å². The topological polar surface area (TPSA) is 97.0 Å². The Morgan fingerprint density at radius 3 is 2.78 bits per heavy atom. The first-order valence-corrected chi connectivity index (χ1v) is 11.5. The Bertz CT molecular complexity index is 1290. The van der Waals surface area contributed by atoms with Crippen LogP contribution in [0, 0.1) is 0 Å². The number of rotatable bonds is 5. The lowest BCUT2D eigenvalue weighted by Gasteiger charge is -2.21. The van der Waals surface area contributed by atoms with Crippen LogP contribution in [0.5, 0.6) is 0 Å². The molecule has 162 valence electrons. The minimum Gasteiger partial charge on any atom is -0.366 e. The molecule has 0 atom stereocenters. The summed E-state index contributed by atoms with van der Waals surface area (Å²) in [6.07, 6.45) is 3.14. The molecule has 2 aromatic carbocycles. The second-order valence-corrected chi connectivity index (χ2v) is 8.77. The number of primary amides is 1. The summed E-state index contributed by atoms with van der Waals surface area (Å²) >= 11 is 1.26. The van der Waals surface area contributed by atoms with Crippen LogP contribution in [0.1, 0.15) is 34.3 Å². The minimum atomic E-state index is -0.460. The van der Waals surface area contributed by atoms with Crippen molar-refractivity contribution >= 4 is 39.2 Å². The normalized spacial score (nSPS) is 13.6. The Morgan fingerprint density at radius 1 is 1.12 bits per heavy atom. The Labute approximate surface area is 190 Å². The maximum Gasteiger partial charge on any atom is 0.250 e. The number of hydrogen-bond donors (Lipinski definition) is 2. The van der Waals surface area contributed by atoms with Crippen molar-refractivity contribution in [3.63, 3.8) is 0 Å². The lowest BCUT2D eigenvalue weighted by molar-refractivity contribution is 0.100. The Balaban J connectivity index is 1.62. The van der Waals surface area contributed by atoms with E-state index in [4.69, 9.17) is 15.7 Å². The predicted molar refractivity (Wildman–Crippen MR) is 129 cm³/mol. The van der Waals surface area contributed by atoms with Gasteiger partial charge in [0, 0.05) is 31.1 Å². The molecule has 5 rings (SSSR count). The molecule has 4 aromatic rings. The molecule has 3 heterocycles. The van der Waals surface area contributed by atoms with Crippen LogP contribution >= 0.6 is 11.5 Å². The van der Waals surface area contributed by atoms with E-state index in [-0.39, 0.29) is 0 Å². The van der Waals surface area contributed by atoms with Crippen LogP contribution in [0.15, 0.2) is 48.5 Å². The van der Waals surface area contributed by atoms with Crippen LogP contribution < -0.4 is 16.0 Å². The van der Waals surface area contributed by atoms with Crippen LogP contribution in [0.3, 0.4) is 0 Å². The molecular weight excluding hydrogens is 420 g/mol. The lowest BCUT2D eigenvalue weighted by atomic mass is 10.1. The van der Waals surface area contributed by atoms with E-state index in [1.54, 1.807) is 6.07 Å². The molecule has 32 heavy (non-hydrogen) atoms. The van der Waals surface area contributed by atoms with Gasteiger partial charge < -0.3 is 16.0 Å². The van der Waals surface area contributed by atoms with E-state index < -0.39 is 5.91 Å². The highest BCUT2D eigenvalue weighted by Gasteiger charge is 2.23. The van der Waals surface area contributed by atoms with Crippen LogP contribution in [0.2, 0.25) is 0 Å². The van der Waals surface area contributed by atoms with Crippen molar-refractivity contribution in [3.8, 4) is 11.5 Å². The third kappa shape index (κ3) is 3.78. The zero-order valence-corrected chi connectivity index (χ0v) is 18.7. The Hall–Kier alpha value is -3.52.